The molecule has 198 valence electrons. The van der Waals surface area contributed by atoms with Crippen molar-refractivity contribution in [2.24, 2.45) is 0 Å². The molecule has 2 atom stereocenters. The SMILES string of the molecule is Cc1cc(-c2nc3cc(CNC(C)C(=O)OC4CCCC4)ccc3n2CC2CN(C)CCO2)c[nH]c1=O. The molecule has 5 rings (SSSR count). The number of ether oxygens (including phenoxy) is 2. The molecule has 0 spiro atoms. The highest BCUT2D eigenvalue weighted by Gasteiger charge is 2.24. The molecule has 0 bridgehead atoms. The first-order valence-corrected chi connectivity index (χ1v) is 13.3. The molecule has 3 aromatic rings. The number of rotatable bonds is 8. The number of esters is 1. The lowest BCUT2D eigenvalue weighted by atomic mass is 10.1. The molecule has 2 N–H and O–H groups in total. The first kappa shape index (κ1) is 25.6. The van der Waals surface area contributed by atoms with E-state index in [-0.39, 0.29) is 29.8 Å². The number of pyridine rings is 1. The number of aromatic nitrogens is 3. The maximum absolute atomic E-state index is 12.5. The van der Waals surface area contributed by atoms with Crippen LogP contribution < -0.4 is 10.9 Å². The Kier molecular flexibility index (Phi) is 7.73. The lowest BCUT2D eigenvalue weighted by molar-refractivity contribution is -0.150. The molecule has 1 saturated heterocycles. The average Bonchev–Trinajstić information content (AvgIpc) is 3.52. The van der Waals surface area contributed by atoms with Gasteiger partial charge in [-0.2, -0.15) is 0 Å². The first-order valence-electron chi connectivity index (χ1n) is 13.3. The molecule has 1 aliphatic carbocycles. The van der Waals surface area contributed by atoms with Crippen molar-refractivity contribution in [1.29, 1.82) is 0 Å². The van der Waals surface area contributed by atoms with Crippen LogP contribution >= 0.6 is 0 Å². The zero-order chi connectivity index (χ0) is 25.9. The number of carbonyl (C=O) groups excluding carboxylic acids is 1. The van der Waals surface area contributed by atoms with Gasteiger partial charge < -0.3 is 29.2 Å². The molecule has 2 fully saturated rings. The van der Waals surface area contributed by atoms with Gasteiger partial charge in [0.1, 0.15) is 18.0 Å². The number of hydrogen-bond donors (Lipinski definition) is 2. The third kappa shape index (κ3) is 5.95. The van der Waals surface area contributed by atoms with Crippen molar-refractivity contribution in [3.63, 3.8) is 0 Å². The Labute approximate surface area is 217 Å². The van der Waals surface area contributed by atoms with Crippen molar-refractivity contribution in [2.75, 3.05) is 26.7 Å². The van der Waals surface area contributed by atoms with Gasteiger partial charge in [0.2, 0.25) is 0 Å². The number of aromatic amines is 1. The van der Waals surface area contributed by atoms with E-state index in [0.29, 0.717) is 25.3 Å². The minimum atomic E-state index is -0.381. The number of hydrogen-bond acceptors (Lipinski definition) is 7. The van der Waals surface area contributed by atoms with E-state index in [2.05, 4.69) is 45.0 Å². The average molecular weight is 508 g/mol. The summed E-state index contributed by atoms with van der Waals surface area (Å²) in [4.78, 5) is 34.5. The summed E-state index contributed by atoms with van der Waals surface area (Å²) in [7, 11) is 2.11. The van der Waals surface area contributed by atoms with Crippen LogP contribution in [0.4, 0.5) is 0 Å². The molecule has 0 amide bonds. The van der Waals surface area contributed by atoms with Crippen LogP contribution in [0.15, 0.2) is 35.3 Å². The number of imidazole rings is 1. The molecule has 2 aromatic heterocycles. The second-order valence-electron chi connectivity index (χ2n) is 10.5. The maximum atomic E-state index is 12.5. The van der Waals surface area contributed by atoms with Gasteiger partial charge in [-0.3, -0.25) is 9.59 Å². The third-order valence-corrected chi connectivity index (χ3v) is 7.44. The Bertz CT molecular complexity index is 1310. The summed E-state index contributed by atoms with van der Waals surface area (Å²) in [5, 5.41) is 3.30. The number of likely N-dealkylation sites (N-methyl/N-ethyl adjacent to an activating group) is 1. The fourth-order valence-electron chi connectivity index (χ4n) is 5.22. The van der Waals surface area contributed by atoms with Crippen molar-refractivity contribution in [3.8, 4) is 11.4 Å². The molecule has 2 aliphatic rings. The van der Waals surface area contributed by atoms with E-state index < -0.39 is 0 Å². The smallest absolute Gasteiger partial charge is 0.323 e. The minimum Gasteiger partial charge on any atom is -0.461 e. The Morgan fingerprint density at radius 3 is 2.86 bits per heavy atom. The summed E-state index contributed by atoms with van der Waals surface area (Å²) in [5.41, 5.74) is 4.32. The van der Waals surface area contributed by atoms with E-state index in [4.69, 9.17) is 14.5 Å². The van der Waals surface area contributed by atoms with Crippen LogP contribution in [0.25, 0.3) is 22.4 Å². The maximum Gasteiger partial charge on any atom is 0.323 e. The topological polar surface area (TPSA) is 101 Å². The number of H-pyrrole nitrogens is 1. The lowest BCUT2D eigenvalue weighted by Crippen LogP contribution is -2.42. The van der Waals surface area contributed by atoms with Crippen molar-refractivity contribution >= 4 is 17.0 Å². The van der Waals surface area contributed by atoms with Gasteiger partial charge in [0.05, 0.1) is 30.3 Å². The monoisotopic (exact) mass is 507 g/mol. The molecule has 9 nitrogen and oxygen atoms in total. The largest absolute Gasteiger partial charge is 0.461 e. The van der Waals surface area contributed by atoms with Crippen LogP contribution in [0.2, 0.25) is 0 Å². The molecule has 3 heterocycles. The van der Waals surface area contributed by atoms with E-state index in [1.807, 2.05) is 13.0 Å². The number of nitrogens with zero attached hydrogens (tertiary/aromatic N) is 3. The fourth-order valence-corrected chi connectivity index (χ4v) is 5.22. The van der Waals surface area contributed by atoms with Gasteiger partial charge in [0.25, 0.3) is 5.56 Å². The molecule has 9 heteroatoms. The Morgan fingerprint density at radius 1 is 1.30 bits per heavy atom. The molecule has 1 aliphatic heterocycles. The highest BCUT2D eigenvalue weighted by Crippen LogP contribution is 2.27. The summed E-state index contributed by atoms with van der Waals surface area (Å²) in [6.07, 6.45) is 6.05. The second kappa shape index (κ2) is 11.2. The third-order valence-electron chi connectivity index (χ3n) is 7.44. The van der Waals surface area contributed by atoms with Gasteiger partial charge in [0.15, 0.2) is 0 Å². The Morgan fingerprint density at radius 2 is 2.11 bits per heavy atom. The van der Waals surface area contributed by atoms with Crippen LogP contribution in [-0.4, -0.2) is 70.4 Å². The zero-order valence-electron chi connectivity index (χ0n) is 22.0. The fraction of sp³-hybridized carbons (Fsp3) is 0.536. The summed E-state index contributed by atoms with van der Waals surface area (Å²) in [6, 6.07) is 7.70. The quantitative estimate of drug-likeness (QED) is 0.452. The van der Waals surface area contributed by atoms with Crippen LogP contribution in [0, 0.1) is 6.92 Å². The van der Waals surface area contributed by atoms with Gasteiger partial charge >= 0.3 is 5.97 Å². The van der Waals surface area contributed by atoms with Gasteiger partial charge in [-0.15, -0.1) is 0 Å². The van der Waals surface area contributed by atoms with E-state index >= 15 is 0 Å². The highest BCUT2D eigenvalue weighted by atomic mass is 16.5. The molecule has 0 radical (unpaired) electrons. The van der Waals surface area contributed by atoms with Crippen LogP contribution in [0.5, 0.6) is 0 Å². The van der Waals surface area contributed by atoms with Crippen LogP contribution in [0.3, 0.4) is 0 Å². The predicted octanol–water partition coefficient (Wildman–Crippen LogP) is 2.99. The summed E-state index contributed by atoms with van der Waals surface area (Å²) in [6.45, 7) is 7.33. The predicted molar refractivity (Wildman–Crippen MR) is 142 cm³/mol. The number of carbonyl (C=O) groups is 1. The van der Waals surface area contributed by atoms with E-state index in [9.17, 15) is 9.59 Å². The summed E-state index contributed by atoms with van der Waals surface area (Å²) in [5.74, 6) is 0.607. The number of nitrogens with one attached hydrogen (secondary N) is 2. The molecule has 1 saturated carbocycles. The number of morpholine rings is 1. The van der Waals surface area contributed by atoms with E-state index in [0.717, 1.165) is 66.8 Å². The Balaban J connectivity index is 1.38. The van der Waals surface area contributed by atoms with Crippen molar-refractivity contribution < 1.29 is 14.3 Å². The number of benzene rings is 1. The lowest BCUT2D eigenvalue weighted by Gasteiger charge is -2.30. The molecular weight excluding hydrogens is 470 g/mol. The van der Waals surface area contributed by atoms with Gasteiger partial charge in [0, 0.05) is 37.0 Å². The summed E-state index contributed by atoms with van der Waals surface area (Å²) < 4.78 is 13.9. The number of aryl methyl sites for hydroxylation is 1. The first-order chi connectivity index (χ1) is 17.9. The van der Waals surface area contributed by atoms with Crippen molar-refractivity contribution in [1.82, 2.24) is 24.8 Å². The molecule has 1 aromatic carbocycles. The van der Waals surface area contributed by atoms with Gasteiger partial charge in [-0.1, -0.05) is 6.07 Å². The second-order valence-corrected chi connectivity index (χ2v) is 10.5. The normalized spacial score (nSPS) is 19.9. The molecular formula is C28H37N5O4. The van der Waals surface area contributed by atoms with E-state index in [1.165, 1.54) is 0 Å². The minimum absolute atomic E-state index is 0.0480. The van der Waals surface area contributed by atoms with Crippen LogP contribution in [0.1, 0.15) is 43.7 Å². The van der Waals surface area contributed by atoms with Gasteiger partial charge in [-0.25, -0.2) is 4.98 Å². The van der Waals surface area contributed by atoms with Gasteiger partial charge in [-0.05, 0) is 70.3 Å². The number of fused-ring (bicyclic) bond motifs is 1. The highest BCUT2D eigenvalue weighted by molar-refractivity contribution is 5.81. The van der Waals surface area contributed by atoms with Crippen molar-refractivity contribution in [2.45, 2.75) is 70.9 Å². The molecule has 37 heavy (non-hydrogen) atoms. The molecule has 2 unspecified atom stereocenters. The van der Waals surface area contributed by atoms with Crippen molar-refractivity contribution in [3.05, 3.63) is 51.9 Å². The summed E-state index contributed by atoms with van der Waals surface area (Å²) >= 11 is 0. The van der Waals surface area contributed by atoms with E-state index in [1.54, 1.807) is 13.1 Å². The zero-order valence-corrected chi connectivity index (χ0v) is 22.0. The van der Waals surface area contributed by atoms with Crippen LogP contribution in [-0.2, 0) is 27.4 Å². The Hall–Kier alpha value is -3.01. The standard InChI is InChI=1S/C28H37N5O4/c1-18-12-21(15-30-27(18)34)26-31-24-13-20(14-29-19(2)28(35)37-22-6-4-5-7-22)8-9-25(24)33(26)17-23-16-32(3)10-11-36-23/h8-9,12-13,15,19,22-23,29H,4-7,10-11,14,16-17H2,1-3H3,(H,30,34).